The maximum atomic E-state index is 12.6. The van der Waals surface area contributed by atoms with Gasteiger partial charge in [-0.25, -0.2) is 0 Å². The molecule has 0 aliphatic carbocycles. The molecule has 0 fully saturated rings. The van der Waals surface area contributed by atoms with E-state index in [2.05, 4.69) is 9.97 Å². The standard InChI is InChI=1S/C18H14ClN3O4S/c1-8-14(23)12-9(6-20-8)7-26-15(12)13-16(24)21-18(27)22(17(13)25)11-5-3-2-4-10(11)19/h2-6,15,23,25H,7H2,1H3,(H,21,24,27)/t15-/m1/s1. The smallest absolute Gasteiger partial charge is 0.261 e. The summed E-state index contributed by atoms with van der Waals surface area (Å²) < 4.78 is 6.96. The number of hydrogen-bond donors (Lipinski definition) is 3. The topological polar surface area (TPSA) is 100 Å². The van der Waals surface area contributed by atoms with E-state index in [1.165, 1.54) is 4.57 Å². The Morgan fingerprint density at radius 1 is 1.33 bits per heavy atom. The van der Waals surface area contributed by atoms with Crippen molar-refractivity contribution in [1.82, 2.24) is 14.5 Å². The lowest BCUT2D eigenvalue weighted by Gasteiger charge is -2.18. The Morgan fingerprint density at radius 2 is 2.07 bits per heavy atom. The van der Waals surface area contributed by atoms with E-state index in [9.17, 15) is 15.0 Å². The van der Waals surface area contributed by atoms with Crippen molar-refractivity contribution < 1.29 is 14.9 Å². The number of halogens is 1. The molecule has 7 nitrogen and oxygen atoms in total. The van der Waals surface area contributed by atoms with Gasteiger partial charge >= 0.3 is 0 Å². The number of aromatic hydroxyl groups is 2. The fourth-order valence-electron chi connectivity index (χ4n) is 3.18. The normalized spacial score (nSPS) is 15.7. The molecule has 1 aromatic carbocycles. The highest BCUT2D eigenvalue weighted by molar-refractivity contribution is 7.71. The van der Waals surface area contributed by atoms with Gasteiger partial charge in [-0.3, -0.25) is 19.3 Å². The van der Waals surface area contributed by atoms with E-state index in [1.807, 2.05) is 0 Å². The molecule has 1 atom stereocenters. The number of aromatic amines is 1. The molecule has 9 heteroatoms. The van der Waals surface area contributed by atoms with Gasteiger partial charge in [0, 0.05) is 17.3 Å². The lowest BCUT2D eigenvalue weighted by molar-refractivity contribution is 0.0892. The van der Waals surface area contributed by atoms with Gasteiger partial charge in [0.15, 0.2) is 4.77 Å². The molecule has 0 bridgehead atoms. The number of ether oxygens (including phenoxy) is 1. The van der Waals surface area contributed by atoms with E-state index < -0.39 is 17.5 Å². The lowest BCUT2D eigenvalue weighted by atomic mass is 10.00. The van der Waals surface area contributed by atoms with Crippen LogP contribution in [0.5, 0.6) is 11.6 Å². The summed E-state index contributed by atoms with van der Waals surface area (Å²) in [4.78, 5) is 19.3. The molecule has 1 aliphatic heterocycles. The number of rotatable bonds is 2. The second-order valence-corrected chi connectivity index (χ2v) is 6.90. The van der Waals surface area contributed by atoms with Crippen LogP contribution in [0.15, 0.2) is 35.3 Å². The number of aromatic nitrogens is 3. The van der Waals surface area contributed by atoms with Gasteiger partial charge in [-0.05, 0) is 31.3 Å². The summed E-state index contributed by atoms with van der Waals surface area (Å²) >= 11 is 11.4. The third-order valence-corrected chi connectivity index (χ3v) is 5.11. The summed E-state index contributed by atoms with van der Waals surface area (Å²) in [6.45, 7) is 1.80. The quantitative estimate of drug-likeness (QED) is 0.568. The van der Waals surface area contributed by atoms with E-state index in [1.54, 1.807) is 37.4 Å². The molecule has 3 aromatic rings. The van der Waals surface area contributed by atoms with E-state index in [4.69, 9.17) is 28.6 Å². The van der Waals surface area contributed by atoms with Gasteiger partial charge in [0.25, 0.3) is 5.56 Å². The van der Waals surface area contributed by atoms with Gasteiger partial charge in [0.2, 0.25) is 5.88 Å². The number of pyridine rings is 1. The predicted molar refractivity (Wildman–Crippen MR) is 101 cm³/mol. The molecule has 3 N–H and O–H groups in total. The van der Waals surface area contributed by atoms with Crippen molar-refractivity contribution in [2.24, 2.45) is 0 Å². The maximum Gasteiger partial charge on any atom is 0.261 e. The van der Waals surface area contributed by atoms with Crippen molar-refractivity contribution in [3.8, 4) is 17.3 Å². The van der Waals surface area contributed by atoms with Crippen LogP contribution >= 0.6 is 23.8 Å². The maximum absolute atomic E-state index is 12.6. The van der Waals surface area contributed by atoms with Crippen molar-refractivity contribution >= 4 is 23.8 Å². The van der Waals surface area contributed by atoms with Crippen molar-refractivity contribution in [2.45, 2.75) is 19.6 Å². The molecule has 0 radical (unpaired) electrons. The minimum absolute atomic E-state index is 0.0114. The zero-order chi connectivity index (χ0) is 19.3. The number of nitrogens with one attached hydrogen (secondary N) is 1. The van der Waals surface area contributed by atoms with Crippen LogP contribution in [-0.4, -0.2) is 24.7 Å². The van der Waals surface area contributed by atoms with Crippen LogP contribution in [0.25, 0.3) is 5.69 Å². The highest BCUT2D eigenvalue weighted by Gasteiger charge is 2.34. The molecule has 2 aromatic heterocycles. The first-order valence-corrected chi connectivity index (χ1v) is 8.80. The van der Waals surface area contributed by atoms with Gasteiger partial charge in [0.1, 0.15) is 17.4 Å². The average molecular weight is 404 g/mol. The fraction of sp³-hybridized carbons (Fsp3) is 0.167. The second-order valence-electron chi connectivity index (χ2n) is 6.11. The first-order chi connectivity index (χ1) is 12.9. The van der Waals surface area contributed by atoms with Gasteiger partial charge in [0.05, 0.1) is 23.0 Å². The Morgan fingerprint density at radius 3 is 2.81 bits per heavy atom. The molecule has 0 amide bonds. The zero-order valence-electron chi connectivity index (χ0n) is 14.1. The van der Waals surface area contributed by atoms with E-state index in [-0.39, 0.29) is 22.7 Å². The molecule has 138 valence electrons. The zero-order valence-corrected chi connectivity index (χ0v) is 15.6. The Kier molecular flexibility index (Phi) is 4.26. The summed E-state index contributed by atoms with van der Waals surface area (Å²) in [6, 6.07) is 6.78. The lowest BCUT2D eigenvalue weighted by Crippen LogP contribution is -2.21. The van der Waals surface area contributed by atoms with E-state index in [0.29, 0.717) is 27.5 Å². The van der Waals surface area contributed by atoms with Gasteiger partial charge in [-0.2, -0.15) is 0 Å². The number of nitrogens with zero attached hydrogens (tertiary/aromatic N) is 2. The van der Waals surface area contributed by atoms with Crippen LogP contribution in [0.2, 0.25) is 5.02 Å². The monoisotopic (exact) mass is 403 g/mol. The minimum atomic E-state index is -0.963. The molecule has 4 rings (SSSR count). The Balaban J connectivity index is 1.99. The fourth-order valence-corrected chi connectivity index (χ4v) is 3.67. The third-order valence-electron chi connectivity index (χ3n) is 4.50. The molecule has 0 saturated heterocycles. The summed E-state index contributed by atoms with van der Waals surface area (Å²) in [7, 11) is 0. The highest BCUT2D eigenvalue weighted by Crippen LogP contribution is 2.43. The van der Waals surface area contributed by atoms with Crippen LogP contribution in [-0.2, 0) is 11.3 Å². The van der Waals surface area contributed by atoms with Gasteiger partial charge < -0.3 is 14.9 Å². The Bertz CT molecular complexity index is 1190. The van der Waals surface area contributed by atoms with E-state index >= 15 is 0 Å². The van der Waals surface area contributed by atoms with Gasteiger partial charge in [-0.1, -0.05) is 23.7 Å². The van der Waals surface area contributed by atoms with Crippen molar-refractivity contribution in [2.75, 3.05) is 0 Å². The highest BCUT2D eigenvalue weighted by atomic mass is 35.5. The Hall–Kier alpha value is -2.68. The van der Waals surface area contributed by atoms with Crippen molar-refractivity contribution in [3.05, 3.63) is 73.0 Å². The minimum Gasteiger partial charge on any atom is -0.506 e. The molecule has 0 unspecified atom stereocenters. The van der Waals surface area contributed by atoms with Gasteiger partial charge in [-0.15, -0.1) is 0 Å². The second kappa shape index (κ2) is 6.49. The summed E-state index contributed by atoms with van der Waals surface area (Å²) in [6.07, 6.45) is 0.619. The number of H-pyrrole nitrogens is 1. The molecule has 27 heavy (non-hydrogen) atoms. The number of para-hydroxylation sites is 1. The molecule has 3 heterocycles. The molecular weight excluding hydrogens is 390 g/mol. The van der Waals surface area contributed by atoms with Crippen LogP contribution in [0.4, 0.5) is 0 Å². The van der Waals surface area contributed by atoms with Crippen LogP contribution < -0.4 is 5.56 Å². The molecular formula is C18H14ClN3O4S. The third kappa shape index (κ3) is 2.73. The number of aryl methyl sites for hydroxylation is 1. The van der Waals surface area contributed by atoms with E-state index in [0.717, 1.165) is 0 Å². The first-order valence-electron chi connectivity index (χ1n) is 8.02. The predicted octanol–water partition coefficient (Wildman–Crippen LogP) is 3.28. The molecule has 0 spiro atoms. The van der Waals surface area contributed by atoms with Crippen LogP contribution in [0.3, 0.4) is 0 Å². The molecule has 0 saturated carbocycles. The number of fused-ring (bicyclic) bond motifs is 1. The molecule has 1 aliphatic rings. The number of benzene rings is 1. The number of hydrogen-bond acceptors (Lipinski definition) is 6. The van der Waals surface area contributed by atoms with Crippen LogP contribution in [0, 0.1) is 11.7 Å². The van der Waals surface area contributed by atoms with Crippen LogP contribution in [0.1, 0.15) is 28.5 Å². The SMILES string of the molecule is Cc1ncc2c(c1O)[C@H](c1c(O)n(-c3ccccc3Cl)c(=S)[nH]c1=O)OC2. The summed E-state index contributed by atoms with van der Waals surface area (Å²) in [5, 5.41) is 21.7. The largest absolute Gasteiger partial charge is 0.506 e. The average Bonchev–Trinajstić information content (AvgIpc) is 3.04. The summed E-state index contributed by atoms with van der Waals surface area (Å²) in [5.74, 6) is -0.468. The Labute approximate surface area is 163 Å². The summed E-state index contributed by atoms with van der Waals surface area (Å²) in [5.41, 5.74) is 1.20. The van der Waals surface area contributed by atoms with Crippen molar-refractivity contribution in [3.63, 3.8) is 0 Å². The first kappa shape index (κ1) is 17.7. The van der Waals surface area contributed by atoms with Crippen molar-refractivity contribution in [1.29, 1.82) is 0 Å².